The number of amides is 1. The lowest BCUT2D eigenvalue weighted by Gasteiger charge is -2.29. The first-order valence-corrected chi connectivity index (χ1v) is 11.8. The number of rotatable bonds is 5. The number of alkyl halides is 1. The maximum Gasteiger partial charge on any atom is 0.342 e. The van der Waals surface area contributed by atoms with Gasteiger partial charge in [-0.1, -0.05) is 26.0 Å². The minimum absolute atomic E-state index is 0.221. The molecule has 3 aromatic rings. The number of aryl methyl sites for hydroxylation is 1. The van der Waals surface area contributed by atoms with Crippen molar-refractivity contribution in [2.24, 2.45) is 0 Å². The van der Waals surface area contributed by atoms with Crippen LogP contribution in [0, 0.1) is 5.82 Å². The van der Waals surface area contributed by atoms with Crippen LogP contribution >= 0.6 is 11.6 Å². The lowest BCUT2D eigenvalue weighted by Crippen LogP contribution is -2.37. The van der Waals surface area contributed by atoms with Gasteiger partial charge in [-0.05, 0) is 61.7 Å². The number of fused-ring (bicyclic) bond motifs is 3. The van der Waals surface area contributed by atoms with Crippen LogP contribution in [0.4, 0.5) is 4.39 Å². The number of hydrogen-bond acceptors (Lipinski definition) is 3. The Labute approximate surface area is 203 Å². The number of aromatic amines is 1. The molecule has 2 aromatic carbocycles. The molecular weight excluding hydrogens is 455 g/mol. The van der Waals surface area contributed by atoms with Gasteiger partial charge in [-0.3, -0.25) is 4.79 Å². The summed E-state index contributed by atoms with van der Waals surface area (Å²) in [6.07, 6.45) is 1.94. The number of carbonyl (C=O) groups excluding carboxylic acids is 2. The molecular formula is C27H28ClFN2O3. The van der Waals surface area contributed by atoms with Gasteiger partial charge in [-0.25, -0.2) is 9.18 Å². The minimum atomic E-state index is -0.546. The molecule has 0 aliphatic carbocycles. The fraction of sp³-hybridized carbons (Fsp3) is 0.333. The van der Waals surface area contributed by atoms with Crippen molar-refractivity contribution >= 4 is 40.0 Å². The van der Waals surface area contributed by atoms with Crippen LogP contribution < -0.4 is 0 Å². The summed E-state index contributed by atoms with van der Waals surface area (Å²) >= 11 is 5.82. The molecule has 0 fully saturated rings. The Balaban J connectivity index is 1.84. The second-order valence-electron chi connectivity index (χ2n) is 9.51. The fourth-order valence-electron chi connectivity index (χ4n) is 4.50. The number of nitrogens with one attached hydrogen (secondary N) is 1. The van der Waals surface area contributed by atoms with E-state index in [2.05, 4.69) is 4.98 Å². The van der Waals surface area contributed by atoms with Crippen molar-refractivity contribution in [3.8, 4) is 0 Å². The highest BCUT2D eigenvalue weighted by Crippen LogP contribution is 2.40. The quantitative estimate of drug-likeness (QED) is 0.368. The molecule has 0 bridgehead atoms. The number of H-pyrrole nitrogens is 1. The smallest absolute Gasteiger partial charge is 0.342 e. The van der Waals surface area contributed by atoms with Crippen LogP contribution in [-0.4, -0.2) is 40.3 Å². The normalized spacial score (nSPS) is 15.1. The van der Waals surface area contributed by atoms with Gasteiger partial charge in [0, 0.05) is 40.5 Å². The standard InChI is InChI=1S/C27H28ClFN2O3/c1-16(2)34-26(33)21-14-31(25(32)18-7-5-17(6-8-18)11-12-28)15-27(3,4)23-20-10-9-19(29)13-22(20)30-24(21)23/h5-10,13-14,16,30H,11-12,15H2,1-4H3. The van der Waals surface area contributed by atoms with Gasteiger partial charge >= 0.3 is 5.97 Å². The molecule has 0 unspecified atom stereocenters. The first kappa shape index (κ1) is 24.0. The Kier molecular flexibility index (Phi) is 6.54. The summed E-state index contributed by atoms with van der Waals surface area (Å²) < 4.78 is 19.5. The predicted octanol–water partition coefficient (Wildman–Crippen LogP) is 5.81. The van der Waals surface area contributed by atoms with Crippen molar-refractivity contribution in [3.63, 3.8) is 0 Å². The topological polar surface area (TPSA) is 62.4 Å². The molecule has 0 saturated carbocycles. The zero-order valence-corrected chi connectivity index (χ0v) is 20.5. The number of nitrogens with zero attached hydrogens (tertiary/aromatic N) is 1. The third-order valence-corrected chi connectivity index (χ3v) is 6.15. The van der Waals surface area contributed by atoms with Gasteiger partial charge in [0.1, 0.15) is 5.82 Å². The molecule has 178 valence electrons. The van der Waals surface area contributed by atoms with E-state index in [4.69, 9.17) is 16.3 Å². The van der Waals surface area contributed by atoms with E-state index in [1.807, 2.05) is 26.0 Å². The molecule has 5 nitrogen and oxygen atoms in total. The van der Waals surface area contributed by atoms with Gasteiger partial charge in [0.05, 0.1) is 17.4 Å². The van der Waals surface area contributed by atoms with Crippen LogP contribution in [0.2, 0.25) is 0 Å². The Morgan fingerprint density at radius 1 is 1.18 bits per heavy atom. The summed E-state index contributed by atoms with van der Waals surface area (Å²) in [5.41, 5.74) is 3.24. The number of esters is 1. The molecule has 0 spiro atoms. The lowest BCUT2D eigenvalue weighted by molar-refractivity contribution is -0.140. The summed E-state index contributed by atoms with van der Waals surface area (Å²) in [5, 5.41) is 0.810. The maximum atomic E-state index is 13.9. The molecule has 1 aliphatic heterocycles. The van der Waals surface area contributed by atoms with Gasteiger partial charge < -0.3 is 14.6 Å². The molecule has 7 heteroatoms. The Morgan fingerprint density at radius 2 is 1.88 bits per heavy atom. The van der Waals surface area contributed by atoms with Gasteiger partial charge in [-0.2, -0.15) is 0 Å². The van der Waals surface area contributed by atoms with Crippen molar-refractivity contribution in [3.05, 3.63) is 76.9 Å². The third-order valence-electron chi connectivity index (χ3n) is 5.96. The zero-order chi connectivity index (χ0) is 24.6. The Bertz CT molecular complexity index is 1280. The summed E-state index contributed by atoms with van der Waals surface area (Å²) in [7, 11) is 0. The van der Waals surface area contributed by atoms with Crippen molar-refractivity contribution < 1.29 is 18.7 Å². The average molecular weight is 483 g/mol. The Morgan fingerprint density at radius 3 is 2.53 bits per heavy atom. The number of halogens is 2. The number of aromatic nitrogens is 1. The van der Waals surface area contributed by atoms with Crippen molar-refractivity contribution in [1.82, 2.24) is 9.88 Å². The van der Waals surface area contributed by atoms with Crippen LogP contribution in [0.15, 0.2) is 48.7 Å². The molecule has 0 atom stereocenters. The van der Waals surface area contributed by atoms with Gasteiger partial charge in [0.25, 0.3) is 5.91 Å². The van der Waals surface area contributed by atoms with E-state index in [1.54, 1.807) is 43.1 Å². The predicted molar refractivity (Wildman–Crippen MR) is 132 cm³/mol. The number of ether oxygens (including phenoxy) is 1. The molecule has 1 N–H and O–H groups in total. The van der Waals surface area contributed by atoms with E-state index >= 15 is 0 Å². The van der Waals surface area contributed by atoms with Gasteiger partial charge in [0.15, 0.2) is 0 Å². The first-order chi connectivity index (χ1) is 16.1. The van der Waals surface area contributed by atoms with Crippen LogP contribution in [0.25, 0.3) is 16.5 Å². The van der Waals surface area contributed by atoms with E-state index < -0.39 is 11.4 Å². The summed E-state index contributed by atoms with van der Waals surface area (Å²) in [5.74, 6) is -0.628. The third kappa shape index (κ3) is 4.60. The molecule has 2 heterocycles. The molecule has 34 heavy (non-hydrogen) atoms. The molecule has 0 saturated heterocycles. The maximum absolute atomic E-state index is 13.9. The van der Waals surface area contributed by atoms with Crippen molar-refractivity contribution in [2.75, 3.05) is 12.4 Å². The van der Waals surface area contributed by atoms with E-state index in [0.29, 0.717) is 29.2 Å². The molecule has 1 aliphatic rings. The summed E-state index contributed by atoms with van der Waals surface area (Å²) in [4.78, 5) is 31.5. The molecule has 1 amide bonds. The largest absolute Gasteiger partial charge is 0.459 e. The molecule has 4 rings (SSSR count). The summed E-state index contributed by atoms with van der Waals surface area (Å²) in [6, 6.07) is 11.9. The number of benzene rings is 2. The van der Waals surface area contributed by atoms with E-state index in [9.17, 15) is 14.0 Å². The Hall–Kier alpha value is -3.12. The van der Waals surface area contributed by atoms with E-state index in [0.717, 1.165) is 22.9 Å². The molecule has 1 aromatic heterocycles. The number of carbonyl (C=O) groups is 2. The number of hydrogen-bond donors (Lipinski definition) is 1. The van der Waals surface area contributed by atoms with Gasteiger partial charge in [0.2, 0.25) is 0 Å². The fourth-order valence-corrected chi connectivity index (χ4v) is 4.72. The second-order valence-corrected chi connectivity index (χ2v) is 9.89. The van der Waals surface area contributed by atoms with Gasteiger partial charge in [-0.15, -0.1) is 11.6 Å². The monoisotopic (exact) mass is 482 g/mol. The summed E-state index contributed by atoms with van der Waals surface area (Å²) in [6.45, 7) is 7.89. The highest BCUT2D eigenvalue weighted by atomic mass is 35.5. The van der Waals surface area contributed by atoms with Crippen LogP contribution in [0.3, 0.4) is 0 Å². The van der Waals surface area contributed by atoms with Crippen LogP contribution in [0.5, 0.6) is 0 Å². The van der Waals surface area contributed by atoms with E-state index in [1.165, 1.54) is 12.1 Å². The van der Waals surface area contributed by atoms with Crippen LogP contribution in [-0.2, 0) is 21.4 Å². The highest BCUT2D eigenvalue weighted by Gasteiger charge is 2.37. The lowest BCUT2D eigenvalue weighted by atomic mass is 9.81. The zero-order valence-electron chi connectivity index (χ0n) is 19.7. The average Bonchev–Trinajstić information content (AvgIpc) is 3.10. The SMILES string of the molecule is CC(C)OC(=O)C1=CN(C(=O)c2ccc(CCCl)cc2)CC(C)(C)c2c1[nH]c1cc(F)ccc21. The molecule has 0 radical (unpaired) electrons. The first-order valence-electron chi connectivity index (χ1n) is 11.3. The van der Waals surface area contributed by atoms with E-state index in [-0.39, 0.29) is 23.4 Å². The van der Waals surface area contributed by atoms with Crippen molar-refractivity contribution in [2.45, 2.75) is 45.6 Å². The minimum Gasteiger partial charge on any atom is -0.459 e. The highest BCUT2D eigenvalue weighted by molar-refractivity contribution is 6.19. The van der Waals surface area contributed by atoms with Crippen molar-refractivity contribution in [1.29, 1.82) is 0 Å². The second kappa shape index (κ2) is 9.26. The van der Waals surface area contributed by atoms with Crippen LogP contribution in [0.1, 0.15) is 54.9 Å².